The van der Waals surface area contributed by atoms with E-state index in [0.29, 0.717) is 50.5 Å². The molecule has 108 heavy (non-hydrogen) atoms. The normalized spacial score (nSPS) is 14.5. The van der Waals surface area contributed by atoms with Crippen LogP contribution in [0.15, 0.2) is 326 Å². The average Bonchev–Trinajstić information content (AvgIpc) is 1.30. The van der Waals surface area contributed by atoms with E-state index in [1.54, 1.807) is 9.13 Å². The summed E-state index contributed by atoms with van der Waals surface area (Å²) in [6.07, 6.45) is 0. The van der Waals surface area contributed by atoms with Crippen LogP contribution < -0.4 is 26.2 Å². The summed E-state index contributed by atoms with van der Waals surface area (Å²) in [5, 5.41) is 12.1. The number of para-hydroxylation sites is 4. The highest BCUT2D eigenvalue weighted by molar-refractivity contribution is 7.00. The SMILES string of the molecule is [2H]c1c([2H])c([2H])c2c(c1[2H])c1c([2H])c(C#N)c([2H])c([2H])c1n2-c1ccc2c(c1)N(c1c(-c3ccccc3)cc(C(C)(C)C)cc1-c1ccccc1)c1cc(-c3ccccc3)cc3c1B2c1ccc(-n2c4c([2H])c([2H])c([2H])c([2H])c4c4c([2H])c([N+]#[C-])c([2H])c([2H])c42)cc1N3c1c(-c2ccccc2)cc(C(C)(C)C)cc1-c1cccc2c1oc1ccccc12. The zero-order valence-electron chi connectivity index (χ0n) is 73.7. The average molecular weight is 1400 g/mol. The van der Waals surface area contributed by atoms with Crippen molar-refractivity contribution in [3.05, 3.63) is 349 Å². The highest BCUT2D eigenvalue weighted by atomic mass is 16.3. The Balaban J connectivity index is 1.03. The third-order valence-electron chi connectivity index (χ3n) is 21.5. The number of benzene rings is 15. The summed E-state index contributed by atoms with van der Waals surface area (Å²) in [6, 6.07) is 74.7. The molecule has 3 aromatic heterocycles. The number of hydrogen-bond donors (Lipinski definition) is 0. The fourth-order valence-corrected chi connectivity index (χ4v) is 16.5. The monoisotopic (exact) mass is 1400 g/mol. The molecule has 0 saturated carbocycles. The highest BCUT2D eigenvalue weighted by Gasteiger charge is 2.46. The van der Waals surface area contributed by atoms with Gasteiger partial charge in [-0.1, -0.05) is 254 Å². The van der Waals surface area contributed by atoms with Gasteiger partial charge in [0, 0.05) is 91.6 Å². The second kappa shape index (κ2) is 24.5. The van der Waals surface area contributed by atoms with Crippen LogP contribution in [0, 0.1) is 17.9 Å². The first-order valence-corrected chi connectivity index (χ1v) is 36.0. The summed E-state index contributed by atoms with van der Waals surface area (Å²) in [4.78, 5) is 8.23. The van der Waals surface area contributed by atoms with E-state index in [1.165, 1.54) is 0 Å². The lowest BCUT2D eigenvalue weighted by molar-refractivity contribution is 0.590. The van der Waals surface area contributed by atoms with E-state index in [-0.39, 0.29) is 55.0 Å². The van der Waals surface area contributed by atoms with E-state index in [2.05, 4.69) is 165 Å². The number of hydrogen-bond acceptors (Lipinski definition) is 4. The van der Waals surface area contributed by atoms with Crippen molar-refractivity contribution in [1.82, 2.24) is 9.13 Å². The molecular weight excluding hydrogens is 1310 g/mol. The predicted octanol–water partition coefficient (Wildman–Crippen LogP) is 25.2. The zero-order valence-corrected chi connectivity index (χ0v) is 59.7. The molecule has 0 bridgehead atoms. The van der Waals surface area contributed by atoms with Gasteiger partial charge in [-0.3, -0.25) is 0 Å². The van der Waals surface area contributed by atoms with E-state index in [4.69, 9.17) is 12.4 Å². The number of nitrogens with zero attached hydrogens (tertiary/aromatic N) is 6. The molecule has 2 aliphatic rings. The molecule has 0 aliphatic carbocycles. The minimum Gasteiger partial charge on any atom is -0.455 e. The molecule has 0 spiro atoms. The topological polar surface area (TPSA) is 57.6 Å². The number of nitriles is 1. The molecule has 8 heteroatoms. The van der Waals surface area contributed by atoms with Gasteiger partial charge in [0.2, 0.25) is 0 Å². The van der Waals surface area contributed by atoms with Crippen LogP contribution in [0.25, 0.3) is 137 Å². The summed E-state index contributed by atoms with van der Waals surface area (Å²) >= 11 is 0. The summed E-state index contributed by atoms with van der Waals surface area (Å²) in [7, 11) is 0. The molecule has 5 heterocycles. The zero-order chi connectivity index (χ0) is 85.0. The van der Waals surface area contributed by atoms with E-state index < -0.39 is 113 Å². The molecule has 0 fully saturated rings. The summed E-state index contributed by atoms with van der Waals surface area (Å²) < 4.78 is 145. The minimum absolute atomic E-state index is 0.0819. The number of furan rings is 1. The fourth-order valence-electron chi connectivity index (χ4n) is 16.5. The number of rotatable bonds is 9. The molecule has 0 N–H and O–H groups in total. The third-order valence-corrected chi connectivity index (χ3v) is 21.5. The molecular formula is C100H71BN6O. The Hall–Kier alpha value is -13.7. The van der Waals surface area contributed by atoms with Gasteiger partial charge in [-0.25, -0.2) is 4.85 Å². The van der Waals surface area contributed by atoms with Crippen molar-refractivity contribution in [2.75, 3.05) is 9.80 Å². The van der Waals surface area contributed by atoms with Crippen molar-refractivity contribution in [3.63, 3.8) is 0 Å². The second-order valence-electron chi connectivity index (χ2n) is 29.9. The third kappa shape index (κ3) is 10.0. The van der Waals surface area contributed by atoms with Crippen LogP contribution in [0.5, 0.6) is 0 Å². The van der Waals surface area contributed by atoms with Gasteiger partial charge in [-0.05, 0) is 181 Å². The van der Waals surface area contributed by atoms with Gasteiger partial charge >= 0.3 is 0 Å². The smallest absolute Gasteiger partial charge is 0.252 e. The Morgan fingerprint density at radius 1 is 0.398 bits per heavy atom. The van der Waals surface area contributed by atoms with Gasteiger partial charge in [0.1, 0.15) is 11.2 Å². The lowest BCUT2D eigenvalue weighted by atomic mass is 9.33. The van der Waals surface area contributed by atoms with Crippen LogP contribution in [0.1, 0.15) is 77.4 Å². The Labute approximate surface area is 647 Å². The van der Waals surface area contributed by atoms with Crippen LogP contribution in [0.3, 0.4) is 0 Å². The van der Waals surface area contributed by atoms with Crippen molar-refractivity contribution in [2.45, 2.75) is 52.4 Å². The summed E-state index contributed by atoms with van der Waals surface area (Å²) in [5.74, 6) is 0. The molecule has 0 radical (unpaired) electrons. The summed E-state index contributed by atoms with van der Waals surface area (Å²) in [6.45, 7) is 20.6. The molecule has 0 saturated heterocycles. The Morgan fingerprint density at radius 2 is 0.852 bits per heavy atom. The predicted molar refractivity (Wildman–Crippen MR) is 452 cm³/mol. The number of aromatic nitrogens is 2. The van der Waals surface area contributed by atoms with Crippen LogP contribution in [0.2, 0.25) is 0 Å². The van der Waals surface area contributed by atoms with Crippen LogP contribution in [0.4, 0.5) is 39.8 Å². The van der Waals surface area contributed by atoms with Crippen molar-refractivity contribution in [3.8, 4) is 73.1 Å². The Kier molecular flexibility index (Phi) is 11.5. The van der Waals surface area contributed by atoms with Gasteiger partial charge in [-0.15, -0.1) is 0 Å². The molecule has 0 atom stereocenters. The van der Waals surface area contributed by atoms with Gasteiger partial charge in [0.05, 0.1) is 68.1 Å². The van der Waals surface area contributed by atoms with E-state index in [1.807, 2.05) is 133 Å². The van der Waals surface area contributed by atoms with E-state index >= 15 is 0 Å². The van der Waals surface area contributed by atoms with Crippen molar-refractivity contribution >= 4 is 128 Å². The second-order valence-corrected chi connectivity index (χ2v) is 29.9. The van der Waals surface area contributed by atoms with Crippen LogP contribution >= 0.6 is 0 Å². The van der Waals surface area contributed by atoms with Gasteiger partial charge < -0.3 is 23.4 Å². The molecule has 7 nitrogen and oxygen atoms in total. The molecule has 0 amide bonds. The highest BCUT2D eigenvalue weighted by Crippen LogP contribution is 2.57. The lowest BCUT2D eigenvalue weighted by Gasteiger charge is -2.46. The maximum atomic E-state index is 10.7. The molecule has 2 aliphatic heterocycles. The largest absolute Gasteiger partial charge is 0.455 e. The molecule has 18 aromatic rings. The maximum absolute atomic E-state index is 10.7. The quantitative estimate of drug-likeness (QED) is 0.107. The van der Waals surface area contributed by atoms with Gasteiger partial charge in [-0.2, -0.15) is 5.26 Å². The Bertz CT molecular complexity index is 7690. The molecule has 0 unspecified atom stereocenters. The first kappa shape index (κ1) is 50.7. The van der Waals surface area contributed by atoms with Crippen molar-refractivity contribution in [2.24, 2.45) is 0 Å². The first-order chi connectivity index (χ1) is 58.6. The Morgan fingerprint density at radius 3 is 1.37 bits per heavy atom. The molecule has 15 aromatic carbocycles. The van der Waals surface area contributed by atoms with Crippen molar-refractivity contribution in [1.29, 1.82) is 5.26 Å². The number of fused-ring (bicyclic) bond motifs is 13. The maximum Gasteiger partial charge on any atom is 0.252 e. The van der Waals surface area contributed by atoms with Crippen molar-refractivity contribution < 1.29 is 23.6 Å². The first-order valence-electron chi connectivity index (χ1n) is 43.0. The lowest BCUT2D eigenvalue weighted by Crippen LogP contribution is -2.61. The fraction of sp³-hybridized carbons (Fsp3) is 0.0800. The van der Waals surface area contributed by atoms with Crippen LogP contribution in [-0.2, 0) is 10.8 Å². The van der Waals surface area contributed by atoms with E-state index in [9.17, 15) is 23.1 Å². The van der Waals surface area contributed by atoms with Crippen LogP contribution in [-0.4, -0.2) is 15.8 Å². The summed E-state index contributed by atoms with van der Waals surface area (Å²) in [5.41, 5.74) is 16.0. The number of anilines is 6. The minimum atomic E-state index is -0.834. The molecule has 510 valence electrons. The molecule has 20 rings (SSSR count). The van der Waals surface area contributed by atoms with E-state index in [0.717, 1.165) is 88.7 Å². The van der Waals surface area contributed by atoms with Gasteiger partial charge in [0.15, 0.2) is 5.69 Å². The standard InChI is InChI=1S/C100H71BN6O/c1-99(2,3)68-54-78(64-29-14-9-15-30-64)96(79(55-68)65-31-16-10-17-32-65)106-90-59-71(104-86-40-23-20-35-73(86)81-51-62(61-102)43-49-88(81)104)45-47-84(90)101-85-48-46-72(105-87-41-24-21-36-74(87)82-58-70(103-7)44-50-89(82)105)60-91(85)107(93-53-67(52-92(106)95(93)101)63-27-12-8-13-28-63)97-80(66-33-18-11-19-34-66)56-69(100(4,5)6)57-83(97)77-39-26-38-76-75-37-22-25-42-94(75)108-98(76)77/h8-60H,1-6H3/i20D,21D,23D,24D,35D,36D,40D,41D,43D,44D,49D,50D,51D,58D. The van der Waals surface area contributed by atoms with Gasteiger partial charge in [0.25, 0.3) is 6.71 Å².